The van der Waals surface area contributed by atoms with Gasteiger partial charge in [0.2, 0.25) is 0 Å². The molecule has 5 rings (SSSR count). The third-order valence-corrected chi connectivity index (χ3v) is 6.65. The molecule has 2 aliphatic rings. The number of rotatable bonds is 6. The van der Waals surface area contributed by atoms with Crippen molar-refractivity contribution in [3.8, 4) is 11.3 Å². The average molecular weight is 534 g/mol. The fraction of sp³-hybridized carbons (Fsp3) is 0.375. The lowest BCUT2D eigenvalue weighted by Crippen LogP contribution is -2.62. The van der Waals surface area contributed by atoms with Crippen LogP contribution in [0.4, 0.5) is 4.39 Å². The summed E-state index contributed by atoms with van der Waals surface area (Å²) in [6.07, 6.45) is -2.95. The van der Waals surface area contributed by atoms with Gasteiger partial charge in [-0.1, -0.05) is 47.7 Å². The van der Waals surface area contributed by atoms with Crippen LogP contribution in [-0.2, 0) is 38.0 Å². The van der Waals surface area contributed by atoms with Crippen molar-refractivity contribution in [3.63, 3.8) is 0 Å². The molecule has 2 unspecified atom stereocenters. The Hall–Kier alpha value is -3.23. The summed E-state index contributed by atoms with van der Waals surface area (Å²) in [7, 11) is -2.93. The lowest BCUT2D eigenvalue weighted by Gasteiger charge is -2.48. The van der Waals surface area contributed by atoms with Crippen LogP contribution in [0.25, 0.3) is 11.3 Å². The maximum Gasteiger partial charge on any atom is 0.337 e. The minimum Gasteiger partial charge on any atom is -0.467 e. The predicted molar refractivity (Wildman–Crippen MR) is 125 cm³/mol. The largest absolute Gasteiger partial charge is 0.467 e. The fourth-order valence-electron chi connectivity index (χ4n) is 4.50. The van der Waals surface area contributed by atoms with Crippen LogP contribution in [0.2, 0.25) is 0 Å². The van der Waals surface area contributed by atoms with E-state index in [0.717, 1.165) is 18.9 Å². The van der Waals surface area contributed by atoms with E-state index in [9.17, 15) is 17.6 Å². The molecule has 196 valence electrons. The van der Waals surface area contributed by atoms with Crippen molar-refractivity contribution >= 4 is 16.1 Å². The first-order chi connectivity index (χ1) is 17.7. The summed E-state index contributed by atoms with van der Waals surface area (Å²) in [4.78, 5) is 12.7. The molecule has 0 bridgehead atoms. The van der Waals surface area contributed by atoms with Gasteiger partial charge in [0.15, 0.2) is 12.4 Å². The minimum absolute atomic E-state index is 0.0330. The second-order valence-corrected chi connectivity index (χ2v) is 10.2. The van der Waals surface area contributed by atoms with Crippen molar-refractivity contribution < 1.29 is 40.7 Å². The maximum atomic E-state index is 13.8. The van der Waals surface area contributed by atoms with Gasteiger partial charge in [-0.05, 0) is 12.1 Å². The molecule has 0 spiro atoms. The number of esters is 1. The van der Waals surface area contributed by atoms with Gasteiger partial charge in [0.25, 0.3) is 10.1 Å². The third-order valence-electron chi connectivity index (χ3n) is 6.08. The van der Waals surface area contributed by atoms with Crippen LogP contribution in [0.3, 0.4) is 0 Å². The standard InChI is InChI=1S/C24H24FN3O8S/c1-32-23(29)22-21(36-37(2,30)31)19(28-12-17(26-27-28)15-9-6-10-16(25)11-15)20-18(34-22)13-33-24(35-20)14-7-4-3-5-8-14/h3-12,18-22,24H,13H2,1-2H3/t18-,19+,20+,21-,22?,24?/m1/s1. The van der Waals surface area contributed by atoms with E-state index in [0.29, 0.717) is 11.3 Å². The lowest BCUT2D eigenvalue weighted by atomic mass is 9.91. The molecule has 2 aliphatic heterocycles. The summed E-state index contributed by atoms with van der Waals surface area (Å²) in [5.74, 6) is -1.30. The van der Waals surface area contributed by atoms with Crippen molar-refractivity contribution in [3.05, 3.63) is 72.2 Å². The first-order valence-electron chi connectivity index (χ1n) is 11.3. The normalized spacial score (nSPS) is 27.9. The highest BCUT2D eigenvalue weighted by Gasteiger charge is 2.55. The molecule has 3 heterocycles. The highest BCUT2D eigenvalue weighted by molar-refractivity contribution is 7.86. The van der Waals surface area contributed by atoms with E-state index in [1.54, 1.807) is 6.07 Å². The van der Waals surface area contributed by atoms with Crippen LogP contribution in [0, 0.1) is 5.82 Å². The molecule has 2 saturated heterocycles. The Balaban J connectivity index is 1.58. The summed E-state index contributed by atoms with van der Waals surface area (Å²) in [6, 6.07) is 13.9. The van der Waals surface area contributed by atoms with E-state index >= 15 is 0 Å². The van der Waals surface area contributed by atoms with E-state index in [-0.39, 0.29) is 6.61 Å². The molecule has 0 radical (unpaired) electrons. The molecule has 11 nitrogen and oxygen atoms in total. The zero-order chi connectivity index (χ0) is 26.2. The Morgan fingerprint density at radius 3 is 2.62 bits per heavy atom. The maximum absolute atomic E-state index is 13.8. The first kappa shape index (κ1) is 25.4. The highest BCUT2D eigenvalue weighted by atomic mass is 32.2. The Bertz CT molecular complexity index is 1370. The monoisotopic (exact) mass is 533 g/mol. The molecule has 2 fully saturated rings. The zero-order valence-electron chi connectivity index (χ0n) is 19.8. The molecule has 0 saturated carbocycles. The number of halogens is 1. The van der Waals surface area contributed by atoms with Crippen molar-refractivity contribution in [1.82, 2.24) is 15.0 Å². The number of ether oxygens (including phenoxy) is 4. The number of hydrogen-bond acceptors (Lipinski definition) is 10. The Morgan fingerprint density at radius 1 is 1.14 bits per heavy atom. The van der Waals surface area contributed by atoms with Crippen LogP contribution in [0.5, 0.6) is 0 Å². The van der Waals surface area contributed by atoms with Crippen molar-refractivity contribution in [1.29, 1.82) is 0 Å². The van der Waals surface area contributed by atoms with Crippen molar-refractivity contribution in [2.75, 3.05) is 20.0 Å². The van der Waals surface area contributed by atoms with Gasteiger partial charge in [-0.3, -0.25) is 4.18 Å². The summed E-state index contributed by atoms with van der Waals surface area (Å²) < 4.78 is 68.0. The van der Waals surface area contributed by atoms with Gasteiger partial charge in [0.05, 0.1) is 26.2 Å². The quantitative estimate of drug-likeness (QED) is 0.343. The van der Waals surface area contributed by atoms with E-state index in [1.807, 2.05) is 30.3 Å². The lowest BCUT2D eigenvalue weighted by molar-refractivity contribution is -0.312. The molecular formula is C24H24FN3O8S. The molecule has 3 aromatic rings. The van der Waals surface area contributed by atoms with Crippen LogP contribution in [0.1, 0.15) is 17.9 Å². The number of carbonyl (C=O) groups excluding carboxylic acids is 1. The SMILES string of the molecule is COC(=O)C1O[C@@H]2COC(c3ccccc3)O[C@@H]2[C@H](n2cc(-c3cccc(F)c3)nn2)[C@H]1OS(C)(=O)=O. The topological polar surface area (TPSA) is 128 Å². The zero-order valence-corrected chi connectivity index (χ0v) is 20.7. The van der Waals surface area contributed by atoms with E-state index < -0.39 is 58.7 Å². The predicted octanol–water partition coefficient (Wildman–Crippen LogP) is 2.02. The molecule has 6 atom stereocenters. The van der Waals surface area contributed by atoms with Gasteiger partial charge in [-0.25, -0.2) is 13.9 Å². The Labute approximate surface area is 212 Å². The summed E-state index contributed by atoms with van der Waals surface area (Å²) >= 11 is 0. The number of fused-ring (bicyclic) bond motifs is 1. The van der Waals surface area contributed by atoms with Crippen LogP contribution in [0.15, 0.2) is 60.8 Å². The molecule has 2 aromatic carbocycles. The van der Waals surface area contributed by atoms with Crippen LogP contribution in [-0.4, -0.2) is 73.8 Å². The third kappa shape index (κ3) is 5.40. The summed E-state index contributed by atoms with van der Waals surface area (Å²) in [6.45, 7) is 0.0330. The number of hydrogen-bond donors (Lipinski definition) is 0. The van der Waals surface area contributed by atoms with Gasteiger partial charge in [0, 0.05) is 11.1 Å². The summed E-state index contributed by atoms with van der Waals surface area (Å²) in [5, 5.41) is 8.31. The van der Waals surface area contributed by atoms with Gasteiger partial charge in [0.1, 0.15) is 35.9 Å². The average Bonchev–Trinajstić information content (AvgIpc) is 3.37. The molecule has 1 aromatic heterocycles. The molecule has 0 N–H and O–H groups in total. The second kappa shape index (κ2) is 10.3. The second-order valence-electron chi connectivity index (χ2n) is 8.64. The van der Waals surface area contributed by atoms with Crippen molar-refractivity contribution in [2.24, 2.45) is 0 Å². The van der Waals surface area contributed by atoms with Crippen LogP contribution < -0.4 is 0 Å². The fourth-order valence-corrected chi connectivity index (χ4v) is 5.12. The van der Waals surface area contributed by atoms with E-state index in [4.69, 9.17) is 23.1 Å². The first-order valence-corrected chi connectivity index (χ1v) is 13.2. The number of benzene rings is 2. The van der Waals surface area contributed by atoms with Gasteiger partial charge < -0.3 is 18.9 Å². The van der Waals surface area contributed by atoms with Gasteiger partial charge in [-0.15, -0.1) is 5.10 Å². The van der Waals surface area contributed by atoms with Crippen LogP contribution >= 0.6 is 0 Å². The molecular weight excluding hydrogens is 509 g/mol. The number of aromatic nitrogens is 3. The molecule has 0 amide bonds. The number of carbonyl (C=O) groups is 1. The molecule has 0 aliphatic carbocycles. The van der Waals surface area contributed by atoms with E-state index in [2.05, 4.69) is 10.3 Å². The molecule has 37 heavy (non-hydrogen) atoms. The van der Waals surface area contributed by atoms with Gasteiger partial charge >= 0.3 is 5.97 Å². The Kier molecular flexibility index (Phi) is 7.05. The van der Waals surface area contributed by atoms with Gasteiger partial charge in [-0.2, -0.15) is 8.42 Å². The summed E-state index contributed by atoms with van der Waals surface area (Å²) in [5.41, 5.74) is 1.51. The molecule has 13 heteroatoms. The highest BCUT2D eigenvalue weighted by Crippen LogP contribution is 2.41. The Morgan fingerprint density at radius 2 is 1.92 bits per heavy atom. The minimum atomic E-state index is -4.08. The van der Waals surface area contributed by atoms with E-state index in [1.165, 1.54) is 29.1 Å². The smallest absolute Gasteiger partial charge is 0.337 e. The number of nitrogens with zero attached hydrogens (tertiary/aromatic N) is 3. The van der Waals surface area contributed by atoms with Crippen molar-refractivity contribution in [2.45, 2.75) is 36.7 Å². The number of methoxy groups -OCH3 is 1.